The molecule has 1 rings (SSSR count). The Morgan fingerprint density at radius 3 is 1.90 bits per heavy atom. The predicted octanol–water partition coefficient (Wildman–Crippen LogP) is -2.45. The van der Waals surface area contributed by atoms with Gasteiger partial charge in [0.15, 0.2) is 11.9 Å². The van der Waals surface area contributed by atoms with Crippen LogP contribution in [0.4, 0.5) is 0 Å². The summed E-state index contributed by atoms with van der Waals surface area (Å²) in [4.78, 5) is 87.6. The van der Waals surface area contributed by atoms with Gasteiger partial charge in [0, 0.05) is 19.6 Å². The highest BCUT2D eigenvalue weighted by molar-refractivity contribution is 5.96. The summed E-state index contributed by atoms with van der Waals surface area (Å²) in [6, 6.07) is -6.20. The molecule has 15 N–H and O–H groups in total. The van der Waals surface area contributed by atoms with E-state index in [4.69, 9.17) is 28.7 Å². The highest BCUT2D eigenvalue weighted by Gasteiger charge is 2.39. The zero-order valence-corrected chi connectivity index (χ0v) is 30.5. The molecule has 1 aliphatic heterocycles. The maximum absolute atomic E-state index is 13.8. The molecule has 1 saturated heterocycles. The number of aliphatic carboxylic acids is 1. The van der Waals surface area contributed by atoms with E-state index < -0.39 is 71.8 Å². The first-order valence-electron chi connectivity index (χ1n) is 17.5. The quantitative estimate of drug-likeness (QED) is 0.0316. The Balaban J connectivity index is 3.03. The number of nitrogens with zero attached hydrogens (tertiary/aromatic N) is 3. The third kappa shape index (κ3) is 15.8. The molecule has 0 aromatic heterocycles. The molecular formula is C32H60N12O7. The molecule has 1 heterocycles. The second-order valence-electron chi connectivity index (χ2n) is 13.4. The van der Waals surface area contributed by atoms with E-state index in [1.165, 1.54) is 11.8 Å². The minimum atomic E-state index is -1.18. The smallest absolute Gasteiger partial charge is 0.326 e. The molecule has 1 aliphatic rings. The molecule has 0 radical (unpaired) electrons. The predicted molar refractivity (Wildman–Crippen MR) is 192 cm³/mol. The number of aliphatic imine (C=N–C) groups is 2. The van der Waals surface area contributed by atoms with Crippen LogP contribution >= 0.6 is 0 Å². The highest BCUT2D eigenvalue weighted by Crippen LogP contribution is 2.20. The van der Waals surface area contributed by atoms with Gasteiger partial charge in [-0.1, -0.05) is 34.1 Å². The lowest BCUT2D eigenvalue weighted by Gasteiger charge is -2.30. The van der Waals surface area contributed by atoms with Crippen molar-refractivity contribution in [2.75, 3.05) is 19.6 Å². The van der Waals surface area contributed by atoms with E-state index in [-0.39, 0.29) is 62.7 Å². The second kappa shape index (κ2) is 22.2. The van der Waals surface area contributed by atoms with E-state index >= 15 is 0 Å². The number of carbonyl (C=O) groups excluding carboxylic acids is 5. The molecular weight excluding hydrogens is 664 g/mol. The highest BCUT2D eigenvalue weighted by atomic mass is 16.4. The molecule has 7 atom stereocenters. The van der Waals surface area contributed by atoms with Gasteiger partial charge in [-0.25, -0.2) is 4.79 Å². The molecule has 290 valence electrons. The number of nitrogens with one attached hydrogen (secondary N) is 4. The van der Waals surface area contributed by atoms with Gasteiger partial charge in [0.2, 0.25) is 29.5 Å². The van der Waals surface area contributed by atoms with Crippen molar-refractivity contribution < 1.29 is 33.9 Å². The van der Waals surface area contributed by atoms with Crippen molar-refractivity contribution in [2.45, 2.75) is 122 Å². The van der Waals surface area contributed by atoms with Crippen LogP contribution in [0.25, 0.3) is 0 Å². The largest absolute Gasteiger partial charge is 0.480 e. The number of carboxylic acids is 1. The third-order valence-corrected chi connectivity index (χ3v) is 8.57. The van der Waals surface area contributed by atoms with Crippen molar-refractivity contribution >= 4 is 47.4 Å². The van der Waals surface area contributed by atoms with Crippen molar-refractivity contribution in [1.82, 2.24) is 26.2 Å². The van der Waals surface area contributed by atoms with Crippen LogP contribution < -0.4 is 49.9 Å². The Hall–Kier alpha value is -4.68. The van der Waals surface area contributed by atoms with Crippen molar-refractivity contribution in [3.05, 3.63) is 0 Å². The van der Waals surface area contributed by atoms with E-state index in [0.29, 0.717) is 32.1 Å². The molecule has 5 amide bonds. The van der Waals surface area contributed by atoms with Gasteiger partial charge in [-0.2, -0.15) is 0 Å². The molecule has 0 saturated carbocycles. The van der Waals surface area contributed by atoms with Crippen molar-refractivity contribution in [2.24, 2.45) is 50.5 Å². The van der Waals surface area contributed by atoms with Crippen LogP contribution in [0.15, 0.2) is 9.98 Å². The molecule has 1 fully saturated rings. The molecule has 0 bridgehead atoms. The minimum Gasteiger partial charge on any atom is -0.480 e. The topological polar surface area (TPSA) is 329 Å². The number of carboxylic acid groups (broad SMARTS) is 1. The van der Waals surface area contributed by atoms with Gasteiger partial charge in [0.05, 0.1) is 6.04 Å². The number of likely N-dealkylation sites (tertiary alicyclic amines) is 1. The van der Waals surface area contributed by atoms with Crippen LogP contribution in [0, 0.1) is 11.8 Å². The first-order chi connectivity index (χ1) is 23.9. The summed E-state index contributed by atoms with van der Waals surface area (Å²) in [6.45, 7) is 9.41. The van der Waals surface area contributed by atoms with Crippen LogP contribution in [-0.2, 0) is 28.8 Å². The maximum atomic E-state index is 13.8. The first-order valence-corrected chi connectivity index (χ1v) is 17.5. The summed E-state index contributed by atoms with van der Waals surface area (Å²) < 4.78 is 0. The third-order valence-electron chi connectivity index (χ3n) is 8.57. The average molecular weight is 725 g/mol. The Bertz CT molecular complexity index is 1250. The monoisotopic (exact) mass is 724 g/mol. The SMILES string of the molecule is CC[C@H](C)[C@H](NC(=O)[C@H](C)NC(=O)[C@@H]1CCCN1C(=O)[C@H](CCCN=C(N)N)NC(=O)[C@@H](N)CCCN=C(N)N)C(=O)N[C@@H](CC(C)C)C(=O)O. The number of amides is 5. The molecule has 0 aromatic rings. The number of rotatable bonds is 22. The van der Waals surface area contributed by atoms with E-state index in [0.717, 1.165) is 0 Å². The number of carbonyl (C=O) groups is 6. The van der Waals surface area contributed by atoms with Gasteiger partial charge in [-0.05, 0) is 63.7 Å². The van der Waals surface area contributed by atoms with E-state index in [9.17, 15) is 33.9 Å². The second-order valence-corrected chi connectivity index (χ2v) is 13.4. The van der Waals surface area contributed by atoms with Crippen molar-refractivity contribution in [3.8, 4) is 0 Å². The standard InChI is InChI=1S/C32H60N12O7/c1-6-18(4)24(28(48)42-22(30(50)51)16-17(2)3)43-25(45)19(5)40-27(47)23-12-9-15-44(23)29(49)21(11-8-14-39-32(36)37)41-26(46)20(33)10-7-13-38-31(34)35/h17-24H,6-16,33H2,1-5H3,(H,40,47)(H,41,46)(H,42,48)(H,43,45)(H,50,51)(H4,34,35,38)(H4,36,37,39)/t18-,19-,20-,21-,22-,23-,24-/m0/s1. The minimum absolute atomic E-state index is 0.00186. The molecule has 19 heteroatoms. The van der Waals surface area contributed by atoms with Gasteiger partial charge < -0.3 is 59.9 Å². The number of hydrogen-bond donors (Lipinski definition) is 10. The van der Waals surface area contributed by atoms with Gasteiger partial charge in [0.1, 0.15) is 30.2 Å². The fraction of sp³-hybridized carbons (Fsp3) is 0.750. The van der Waals surface area contributed by atoms with Gasteiger partial charge >= 0.3 is 5.97 Å². The molecule has 51 heavy (non-hydrogen) atoms. The lowest BCUT2D eigenvalue weighted by atomic mass is 9.96. The molecule has 0 aliphatic carbocycles. The summed E-state index contributed by atoms with van der Waals surface area (Å²) in [6.07, 6.45) is 2.71. The molecule has 19 nitrogen and oxygen atoms in total. The Kier molecular flexibility index (Phi) is 19.3. The average Bonchev–Trinajstić information content (AvgIpc) is 3.55. The maximum Gasteiger partial charge on any atom is 0.326 e. The van der Waals surface area contributed by atoms with Crippen molar-refractivity contribution in [1.29, 1.82) is 0 Å². The lowest BCUT2D eigenvalue weighted by molar-refractivity contribution is -0.143. The summed E-state index contributed by atoms with van der Waals surface area (Å²) in [5.41, 5.74) is 27.6. The first kappa shape index (κ1) is 44.3. The summed E-state index contributed by atoms with van der Waals surface area (Å²) >= 11 is 0. The van der Waals surface area contributed by atoms with E-state index in [1.807, 2.05) is 20.8 Å². The Morgan fingerprint density at radius 2 is 1.37 bits per heavy atom. The normalized spacial score (nSPS) is 17.5. The van der Waals surface area contributed by atoms with Gasteiger partial charge in [-0.15, -0.1) is 0 Å². The van der Waals surface area contributed by atoms with E-state index in [2.05, 4.69) is 31.3 Å². The number of nitrogens with two attached hydrogens (primary N) is 5. The molecule has 0 unspecified atom stereocenters. The van der Waals surface area contributed by atoms with E-state index in [1.54, 1.807) is 6.92 Å². The van der Waals surface area contributed by atoms with Gasteiger partial charge in [-0.3, -0.25) is 34.0 Å². The Morgan fingerprint density at radius 1 is 0.804 bits per heavy atom. The van der Waals surface area contributed by atoms with Crippen LogP contribution in [0.5, 0.6) is 0 Å². The van der Waals surface area contributed by atoms with Crippen LogP contribution in [0.1, 0.15) is 86.0 Å². The summed E-state index contributed by atoms with van der Waals surface area (Å²) in [7, 11) is 0. The lowest BCUT2D eigenvalue weighted by Crippen LogP contribution is -2.59. The zero-order chi connectivity index (χ0) is 38.8. The summed E-state index contributed by atoms with van der Waals surface area (Å²) in [5.74, 6) is -4.68. The van der Waals surface area contributed by atoms with Crippen LogP contribution in [0.2, 0.25) is 0 Å². The number of guanidine groups is 2. The fourth-order valence-electron chi connectivity index (χ4n) is 5.50. The molecule has 0 spiro atoms. The van der Waals surface area contributed by atoms with Crippen LogP contribution in [0.3, 0.4) is 0 Å². The van der Waals surface area contributed by atoms with Crippen LogP contribution in [-0.4, -0.2) is 113 Å². The number of hydrogen-bond acceptors (Lipinski definition) is 9. The van der Waals surface area contributed by atoms with Crippen molar-refractivity contribution in [3.63, 3.8) is 0 Å². The summed E-state index contributed by atoms with van der Waals surface area (Å²) in [5, 5.41) is 20.1. The molecule has 0 aromatic carbocycles. The zero-order valence-electron chi connectivity index (χ0n) is 30.5. The van der Waals surface area contributed by atoms with Gasteiger partial charge in [0.25, 0.3) is 0 Å². The fourth-order valence-corrected chi connectivity index (χ4v) is 5.50. The Labute approximate surface area is 299 Å².